The van der Waals surface area contributed by atoms with Gasteiger partial charge in [-0.15, -0.1) is 0 Å². The van der Waals surface area contributed by atoms with Gasteiger partial charge in [-0.25, -0.2) is 0 Å². The molecule has 5 rings (SSSR count). The quantitative estimate of drug-likeness (QED) is 0.331. The Labute approximate surface area is 236 Å². The highest BCUT2D eigenvalue weighted by atomic mass is 14.4. The summed E-state index contributed by atoms with van der Waals surface area (Å²) in [6, 6.07) is 18.1. The van der Waals surface area contributed by atoms with Gasteiger partial charge >= 0.3 is 0 Å². The lowest BCUT2D eigenvalue weighted by Gasteiger charge is -2.34. The zero-order valence-corrected chi connectivity index (χ0v) is 24.2. The van der Waals surface area contributed by atoms with Gasteiger partial charge < -0.3 is 0 Å². The first-order valence-electron chi connectivity index (χ1n) is 14.5. The summed E-state index contributed by atoms with van der Waals surface area (Å²) in [5, 5.41) is 0. The van der Waals surface area contributed by atoms with Gasteiger partial charge in [0.05, 0.1) is 0 Å². The van der Waals surface area contributed by atoms with Gasteiger partial charge in [0, 0.05) is 11.8 Å². The molecule has 198 valence electrons. The number of hydrogen-bond donors (Lipinski definition) is 0. The standard InChI is InChI=1S/C39H42/c1-8-11-26(5)37-27(6)20-36-24-35(28(7)38(36)39(37)31-17-14-29(9-2)15-18-31)22-30-16-19-34(21-30)33-13-10-12-32(23-33)25(3)4/h10,12-20,22-23,38-39H,3,5,7-9,11,21,24H2,1-2,4,6H3. The smallest absolute Gasteiger partial charge is 0.0201 e. The molecule has 3 aliphatic carbocycles. The van der Waals surface area contributed by atoms with Crippen LogP contribution in [0.1, 0.15) is 81.5 Å². The van der Waals surface area contributed by atoms with E-state index < -0.39 is 0 Å². The molecule has 0 N–H and O–H groups in total. The molecule has 39 heavy (non-hydrogen) atoms. The fraction of sp³-hybridized carbons (Fsp3) is 0.282. The molecule has 2 aromatic carbocycles. The summed E-state index contributed by atoms with van der Waals surface area (Å²) >= 11 is 0. The molecule has 0 radical (unpaired) electrons. The average molecular weight is 511 g/mol. The molecule has 0 nitrogen and oxygen atoms in total. The van der Waals surface area contributed by atoms with Crippen LogP contribution >= 0.6 is 0 Å². The van der Waals surface area contributed by atoms with Gasteiger partial charge in [0.1, 0.15) is 0 Å². The van der Waals surface area contributed by atoms with Crippen LogP contribution in [0.5, 0.6) is 0 Å². The van der Waals surface area contributed by atoms with Crippen molar-refractivity contribution >= 4 is 11.1 Å². The van der Waals surface area contributed by atoms with Crippen molar-refractivity contribution in [2.24, 2.45) is 5.92 Å². The second-order valence-electron chi connectivity index (χ2n) is 11.6. The first kappa shape index (κ1) is 26.9. The van der Waals surface area contributed by atoms with Gasteiger partial charge in [0.25, 0.3) is 0 Å². The van der Waals surface area contributed by atoms with Crippen LogP contribution in [0.2, 0.25) is 0 Å². The van der Waals surface area contributed by atoms with Gasteiger partial charge in [0.15, 0.2) is 0 Å². The topological polar surface area (TPSA) is 0 Å². The molecule has 1 saturated carbocycles. The lowest BCUT2D eigenvalue weighted by molar-refractivity contribution is 0.619. The number of fused-ring (bicyclic) bond motifs is 1. The lowest BCUT2D eigenvalue weighted by atomic mass is 9.69. The highest BCUT2D eigenvalue weighted by molar-refractivity contribution is 5.76. The van der Waals surface area contributed by atoms with E-state index in [-0.39, 0.29) is 5.92 Å². The predicted molar refractivity (Wildman–Crippen MR) is 171 cm³/mol. The minimum atomic E-state index is 0.282. The van der Waals surface area contributed by atoms with Crippen molar-refractivity contribution < 1.29 is 0 Å². The van der Waals surface area contributed by atoms with Gasteiger partial charge in [-0.2, -0.15) is 0 Å². The largest absolute Gasteiger partial charge is 0.0955 e. The molecule has 0 amide bonds. The van der Waals surface area contributed by atoms with Gasteiger partial charge in [0.2, 0.25) is 0 Å². The van der Waals surface area contributed by atoms with Gasteiger partial charge in [-0.3, -0.25) is 0 Å². The third-order valence-electron chi connectivity index (χ3n) is 8.71. The van der Waals surface area contributed by atoms with Crippen molar-refractivity contribution in [1.29, 1.82) is 0 Å². The first-order valence-corrected chi connectivity index (χ1v) is 14.5. The maximum absolute atomic E-state index is 4.73. The van der Waals surface area contributed by atoms with Crippen LogP contribution < -0.4 is 0 Å². The van der Waals surface area contributed by atoms with Crippen LogP contribution in [0.4, 0.5) is 0 Å². The molecular weight excluding hydrogens is 468 g/mol. The molecule has 1 fully saturated rings. The molecule has 2 atom stereocenters. The third kappa shape index (κ3) is 5.30. The molecule has 0 spiro atoms. The van der Waals surface area contributed by atoms with Crippen LogP contribution in [0, 0.1) is 5.92 Å². The maximum Gasteiger partial charge on any atom is 0.0201 e. The van der Waals surface area contributed by atoms with Crippen LogP contribution in [0.3, 0.4) is 0 Å². The third-order valence-corrected chi connectivity index (χ3v) is 8.71. The Morgan fingerprint density at radius 2 is 1.74 bits per heavy atom. The Hall–Kier alpha value is -3.64. The van der Waals surface area contributed by atoms with Crippen molar-refractivity contribution in [2.75, 3.05) is 0 Å². The fourth-order valence-electron chi connectivity index (χ4n) is 6.64. The second-order valence-corrected chi connectivity index (χ2v) is 11.6. The van der Waals surface area contributed by atoms with E-state index in [1.807, 2.05) is 0 Å². The Bertz CT molecular complexity index is 1490. The molecule has 0 bridgehead atoms. The number of hydrogen-bond acceptors (Lipinski definition) is 0. The first-order chi connectivity index (χ1) is 18.8. The summed E-state index contributed by atoms with van der Waals surface area (Å²) in [5.41, 5.74) is 17.4. The molecule has 0 aromatic heterocycles. The Balaban J connectivity index is 1.44. The van der Waals surface area contributed by atoms with Crippen LogP contribution in [-0.4, -0.2) is 0 Å². The van der Waals surface area contributed by atoms with E-state index in [9.17, 15) is 0 Å². The number of aryl methyl sites for hydroxylation is 1. The zero-order chi connectivity index (χ0) is 27.7. The monoisotopic (exact) mass is 510 g/mol. The van der Waals surface area contributed by atoms with E-state index in [1.54, 1.807) is 0 Å². The molecule has 0 heteroatoms. The van der Waals surface area contributed by atoms with E-state index in [4.69, 9.17) is 6.58 Å². The SMILES string of the molecule is C=C(CCC)C1=C(C)C=C2CC(=CC3=CC=C(c4cccc(C(=C)C)c4)C3)C(=C)C2C1c1ccc(CC)cc1. The number of benzene rings is 2. The van der Waals surface area contributed by atoms with Gasteiger partial charge in [-0.05, 0) is 101 Å². The molecule has 3 aliphatic rings. The summed E-state index contributed by atoms with van der Waals surface area (Å²) < 4.78 is 0. The zero-order valence-electron chi connectivity index (χ0n) is 24.2. The van der Waals surface area contributed by atoms with Crippen LogP contribution in [0.25, 0.3) is 11.1 Å². The lowest BCUT2D eigenvalue weighted by Crippen LogP contribution is -2.21. The number of allylic oxidation sites excluding steroid dienone is 13. The Morgan fingerprint density at radius 3 is 2.44 bits per heavy atom. The average Bonchev–Trinajstić information content (AvgIpc) is 3.52. The van der Waals surface area contributed by atoms with E-state index in [0.717, 1.165) is 37.7 Å². The molecule has 2 aromatic rings. The highest BCUT2D eigenvalue weighted by Crippen LogP contribution is 2.55. The Morgan fingerprint density at radius 1 is 0.974 bits per heavy atom. The molecule has 2 unspecified atom stereocenters. The van der Waals surface area contributed by atoms with Crippen molar-refractivity contribution in [2.45, 2.75) is 65.7 Å². The summed E-state index contributed by atoms with van der Waals surface area (Å²) in [4.78, 5) is 0. The van der Waals surface area contributed by atoms with Crippen molar-refractivity contribution in [3.05, 3.63) is 154 Å². The molecule has 0 heterocycles. The molecule has 0 aliphatic heterocycles. The van der Waals surface area contributed by atoms with E-state index in [2.05, 4.69) is 114 Å². The normalized spacial score (nSPS) is 21.6. The van der Waals surface area contributed by atoms with E-state index in [0.29, 0.717) is 5.92 Å². The number of rotatable bonds is 8. The summed E-state index contributed by atoms with van der Waals surface area (Å²) in [5.74, 6) is 0.585. The van der Waals surface area contributed by atoms with E-state index in [1.165, 1.54) is 66.8 Å². The van der Waals surface area contributed by atoms with Crippen LogP contribution in [0.15, 0.2) is 132 Å². The maximum atomic E-state index is 4.73. The Kier molecular flexibility index (Phi) is 7.76. The van der Waals surface area contributed by atoms with Gasteiger partial charge in [-0.1, -0.05) is 123 Å². The fourth-order valence-corrected chi connectivity index (χ4v) is 6.64. The predicted octanol–water partition coefficient (Wildman–Crippen LogP) is 10.9. The molecule has 0 saturated heterocycles. The minimum absolute atomic E-state index is 0.282. The van der Waals surface area contributed by atoms with E-state index >= 15 is 0 Å². The van der Waals surface area contributed by atoms with Crippen molar-refractivity contribution in [3.8, 4) is 0 Å². The minimum Gasteiger partial charge on any atom is -0.0955 e. The second kappa shape index (κ2) is 11.2. The summed E-state index contributed by atoms with van der Waals surface area (Å²) in [6.07, 6.45) is 14.6. The van der Waals surface area contributed by atoms with Crippen LogP contribution in [-0.2, 0) is 6.42 Å². The highest BCUT2D eigenvalue weighted by Gasteiger charge is 2.40. The summed E-state index contributed by atoms with van der Waals surface area (Å²) in [7, 11) is 0. The van der Waals surface area contributed by atoms with Crippen molar-refractivity contribution in [3.63, 3.8) is 0 Å². The molecular formula is C39H42. The van der Waals surface area contributed by atoms with Crippen molar-refractivity contribution in [1.82, 2.24) is 0 Å². The summed E-state index contributed by atoms with van der Waals surface area (Å²) in [6.45, 7) is 22.2.